The van der Waals surface area contributed by atoms with Crippen LogP contribution in [0.1, 0.15) is 59.3 Å². The van der Waals surface area contributed by atoms with Crippen LogP contribution >= 0.6 is 0 Å². The summed E-state index contributed by atoms with van der Waals surface area (Å²) in [6.07, 6.45) is 10.4. The largest absolute Gasteiger partial charge is 0.452 e. The van der Waals surface area contributed by atoms with E-state index in [0.717, 1.165) is 25.7 Å². The van der Waals surface area contributed by atoms with E-state index in [-0.39, 0.29) is 12.6 Å². The molecule has 0 rings (SSSR count). The summed E-state index contributed by atoms with van der Waals surface area (Å²) in [5, 5.41) is 0. The second kappa shape index (κ2) is 11.2. The average Bonchev–Trinajstić information content (AvgIpc) is 2.41. The molecule has 0 spiro atoms. The molecule has 2 heteroatoms. The normalized spacial score (nSPS) is 12.0. The molecule has 2 nitrogen and oxygen atoms in total. The predicted octanol–water partition coefficient (Wildman–Crippen LogP) is 4.91. The third-order valence-corrected chi connectivity index (χ3v) is 3.17. The highest BCUT2D eigenvalue weighted by Crippen LogP contribution is 2.18. The lowest BCUT2D eigenvalue weighted by Crippen LogP contribution is -2.22. The second-order valence-corrected chi connectivity index (χ2v) is 6.35. The van der Waals surface area contributed by atoms with Crippen molar-refractivity contribution in [2.75, 3.05) is 6.61 Å². The monoisotopic (exact) mass is 290 g/mol. The summed E-state index contributed by atoms with van der Waals surface area (Å²) >= 11 is 0. The Kier molecular flexibility index (Phi) is 10.4. The maximum atomic E-state index is 11.6. The highest BCUT2D eigenvalue weighted by molar-refractivity contribution is 5.75. The predicted molar refractivity (Wildman–Crippen MR) is 89.8 cm³/mol. The topological polar surface area (TPSA) is 26.3 Å². The number of hydrogen-bond acceptors (Lipinski definition) is 2. The van der Waals surface area contributed by atoms with Crippen LogP contribution in [0.5, 0.6) is 0 Å². The SMILES string of the molecule is C=CCCCCC(CC#CCOC(=O)C(C)(C)C)CC=C. The molecule has 0 aliphatic rings. The minimum atomic E-state index is -0.460. The van der Waals surface area contributed by atoms with Crippen LogP contribution < -0.4 is 0 Å². The molecule has 0 aromatic heterocycles. The number of unbranched alkanes of at least 4 members (excludes halogenated alkanes) is 2. The lowest BCUT2D eigenvalue weighted by molar-refractivity contribution is -0.151. The molecule has 21 heavy (non-hydrogen) atoms. The molecule has 0 heterocycles. The van der Waals surface area contributed by atoms with Crippen molar-refractivity contribution in [2.24, 2.45) is 11.3 Å². The van der Waals surface area contributed by atoms with Gasteiger partial charge >= 0.3 is 5.97 Å². The van der Waals surface area contributed by atoms with Gasteiger partial charge in [-0.3, -0.25) is 4.79 Å². The summed E-state index contributed by atoms with van der Waals surface area (Å²) in [5.74, 6) is 6.41. The van der Waals surface area contributed by atoms with Gasteiger partial charge in [-0.15, -0.1) is 13.2 Å². The van der Waals surface area contributed by atoms with Crippen molar-refractivity contribution < 1.29 is 9.53 Å². The van der Waals surface area contributed by atoms with Gasteiger partial charge in [0.1, 0.15) is 0 Å². The van der Waals surface area contributed by atoms with E-state index >= 15 is 0 Å². The van der Waals surface area contributed by atoms with Crippen molar-refractivity contribution in [3.8, 4) is 11.8 Å². The van der Waals surface area contributed by atoms with Crippen LogP contribution in [-0.4, -0.2) is 12.6 Å². The molecule has 0 saturated carbocycles. The molecule has 1 atom stereocenters. The summed E-state index contributed by atoms with van der Waals surface area (Å²) in [6.45, 7) is 13.2. The van der Waals surface area contributed by atoms with Crippen LogP contribution in [0.2, 0.25) is 0 Å². The second-order valence-electron chi connectivity index (χ2n) is 6.35. The Morgan fingerprint density at radius 1 is 1.19 bits per heavy atom. The molecular formula is C19H30O2. The standard InChI is InChI=1S/C19H30O2/c1-6-8-9-10-14-17(13-7-2)15-11-12-16-21-18(20)19(3,4)5/h6-7,17H,1-2,8-10,13-16H2,3-5H3. The van der Waals surface area contributed by atoms with E-state index in [9.17, 15) is 4.79 Å². The smallest absolute Gasteiger partial charge is 0.312 e. The Hall–Kier alpha value is -1.49. The fourth-order valence-electron chi connectivity index (χ4n) is 1.85. The minimum Gasteiger partial charge on any atom is -0.452 e. The van der Waals surface area contributed by atoms with E-state index in [4.69, 9.17) is 4.74 Å². The Morgan fingerprint density at radius 3 is 2.48 bits per heavy atom. The van der Waals surface area contributed by atoms with Crippen molar-refractivity contribution >= 4 is 5.97 Å². The molecule has 0 aliphatic heterocycles. The number of allylic oxidation sites excluding steroid dienone is 2. The van der Waals surface area contributed by atoms with Gasteiger partial charge in [0.2, 0.25) is 0 Å². The number of rotatable bonds is 9. The number of carbonyl (C=O) groups is 1. The zero-order chi connectivity index (χ0) is 16.1. The molecule has 0 radical (unpaired) electrons. The van der Waals surface area contributed by atoms with Gasteiger partial charge in [-0.25, -0.2) is 0 Å². The maximum absolute atomic E-state index is 11.6. The molecule has 0 aliphatic carbocycles. The quantitative estimate of drug-likeness (QED) is 0.261. The molecule has 0 bridgehead atoms. The third-order valence-electron chi connectivity index (χ3n) is 3.17. The number of hydrogen-bond donors (Lipinski definition) is 0. The first-order valence-corrected chi connectivity index (χ1v) is 7.76. The van der Waals surface area contributed by atoms with Gasteiger partial charge in [-0.2, -0.15) is 0 Å². The first-order valence-electron chi connectivity index (χ1n) is 7.76. The Balaban J connectivity index is 4.02. The number of carbonyl (C=O) groups excluding carboxylic acids is 1. The lowest BCUT2D eigenvalue weighted by Gasteiger charge is -2.14. The van der Waals surface area contributed by atoms with Crippen LogP contribution in [0.15, 0.2) is 25.3 Å². The van der Waals surface area contributed by atoms with Crippen molar-refractivity contribution in [1.29, 1.82) is 0 Å². The molecule has 118 valence electrons. The Labute approximate surface area is 130 Å². The van der Waals surface area contributed by atoms with Gasteiger partial charge in [0.05, 0.1) is 5.41 Å². The fourth-order valence-corrected chi connectivity index (χ4v) is 1.85. The zero-order valence-corrected chi connectivity index (χ0v) is 13.9. The molecule has 0 N–H and O–H groups in total. The first-order chi connectivity index (χ1) is 9.91. The van der Waals surface area contributed by atoms with E-state index in [1.54, 1.807) is 0 Å². The highest BCUT2D eigenvalue weighted by Gasteiger charge is 2.22. The Morgan fingerprint density at radius 2 is 1.90 bits per heavy atom. The summed E-state index contributed by atoms with van der Waals surface area (Å²) in [4.78, 5) is 11.6. The van der Waals surface area contributed by atoms with E-state index in [2.05, 4.69) is 25.0 Å². The van der Waals surface area contributed by atoms with Gasteiger partial charge in [-0.05, 0) is 52.4 Å². The molecule has 0 aromatic rings. The maximum Gasteiger partial charge on any atom is 0.312 e. The van der Waals surface area contributed by atoms with Crippen LogP contribution in [0.4, 0.5) is 0 Å². The van der Waals surface area contributed by atoms with Gasteiger partial charge in [0, 0.05) is 6.42 Å². The molecule has 0 fully saturated rings. The van der Waals surface area contributed by atoms with Gasteiger partial charge in [-0.1, -0.05) is 30.4 Å². The van der Waals surface area contributed by atoms with Crippen LogP contribution in [0.25, 0.3) is 0 Å². The highest BCUT2D eigenvalue weighted by atomic mass is 16.5. The summed E-state index contributed by atoms with van der Waals surface area (Å²) in [6, 6.07) is 0. The summed E-state index contributed by atoms with van der Waals surface area (Å²) < 4.78 is 5.12. The van der Waals surface area contributed by atoms with Gasteiger partial charge in [0.25, 0.3) is 0 Å². The lowest BCUT2D eigenvalue weighted by atomic mass is 9.95. The number of esters is 1. The van der Waals surface area contributed by atoms with Crippen molar-refractivity contribution in [1.82, 2.24) is 0 Å². The molecule has 1 unspecified atom stereocenters. The van der Waals surface area contributed by atoms with Gasteiger partial charge < -0.3 is 4.74 Å². The summed E-state index contributed by atoms with van der Waals surface area (Å²) in [7, 11) is 0. The Bertz CT molecular complexity index is 377. The number of ether oxygens (including phenoxy) is 1. The van der Waals surface area contributed by atoms with E-state index in [1.165, 1.54) is 12.8 Å². The molecule has 0 aromatic carbocycles. The molecule has 0 amide bonds. The van der Waals surface area contributed by atoms with Crippen LogP contribution in [0, 0.1) is 23.2 Å². The van der Waals surface area contributed by atoms with Gasteiger partial charge in [0.15, 0.2) is 6.61 Å². The third kappa shape index (κ3) is 10.9. The zero-order valence-electron chi connectivity index (χ0n) is 13.9. The van der Waals surface area contributed by atoms with E-state index < -0.39 is 5.41 Å². The first kappa shape index (κ1) is 19.5. The van der Waals surface area contributed by atoms with E-state index in [0.29, 0.717) is 5.92 Å². The van der Waals surface area contributed by atoms with E-state index in [1.807, 2.05) is 32.9 Å². The van der Waals surface area contributed by atoms with Crippen molar-refractivity contribution in [3.05, 3.63) is 25.3 Å². The van der Waals surface area contributed by atoms with Crippen LogP contribution in [0.3, 0.4) is 0 Å². The minimum absolute atomic E-state index is 0.188. The summed E-state index contributed by atoms with van der Waals surface area (Å²) in [5.41, 5.74) is -0.460. The van der Waals surface area contributed by atoms with Crippen LogP contribution in [-0.2, 0) is 9.53 Å². The molecular weight excluding hydrogens is 260 g/mol. The fraction of sp³-hybridized carbons (Fsp3) is 0.632. The van der Waals surface area contributed by atoms with Crippen molar-refractivity contribution in [2.45, 2.75) is 59.3 Å². The molecule has 0 saturated heterocycles. The van der Waals surface area contributed by atoms with Crippen molar-refractivity contribution in [3.63, 3.8) is 0 Å². The average molecular weight is 290 g/mol.